The number of halogens is 2. The van der Waals surface area contributed by atoms with Gasteiger partial charge in [-0.1, -0.05) is 23.2 Å². The van der Waals surface area contributed by atoms with Crippen LogP contribution in [-0.2, 0) is 11.4 Å². The molecular weight excluding hydrogens is 517 g/mol. The molecule has 0 bridgehead atoms. The number of hydrogen-bond acceptors (Lipinski definition) is 5. The minimum atomic E-state index is -0.835. The quantitative estimate of drug-likeness (QED) is 0.436. The Balaban J connectivity index is 1.74. The van der Waals surface area contributed by atoms with Crippen LogP contribution in [0.3, 0.4) is 0 Å². The fraction of sp³-hybridized carbons (Fsp3) is 0.370. The molecule has 1 N–H and O–H groups in total. The first kappa shape index (κ1) is 25.4. The number of methoxy groups -OCH3 is 1. The number of hydrogen-bond donors (Lipinski definition) is 1. The number of fused-ring (bicyclic) bond motifs is 3. The van der Waals surface area contributed by atoms with Crippen LogP contribution >= 0.6 is 23.2 Å². The molecule has 0 spiro atoms. The molecule has 0 saturated heterocycles. The first-order valence-corrected chi connectivity index (χ1v) is 12.6. The molecule has 0 radical (unpaired) electrons. The maximum Gasteiger partial charge on any atom is 0.307 e. The molecule has 2 heterocycles. The largest absolute Gasteiger partial charge is 0.496 e. The molecule has 194 valence electrons. The second-order valence-corrected chi connectivity index (χ2v) is 11.3. The van der Waals surface area contributed by atoms with Crippen molar-refractivity contribution in [3.8, 4) is 28.4 Å². The fourth-order valence-corrected chi connectivity index (χ4v) is 5.17. The normalized spacial score (nSPS) is 17.9. The van der Waals surface area contributed by atoms with Gasteiger partial charge in [0.25, 0.3) is 5.91 Å². The van der Waals surface area contributed by atoms with Gasteiger partial charge < -0.3 is 19.5 Å². The monoisotopic (exact) mass is 543 g/mol. The van der Waals surface area contributed by atoms with E-state index in [4.69, 9.17) is 37.8 Å². The summed E-state index contributed by atoms with van der Waals surface area (Å²) in [6.45, 7) is 5.97. The van der Waals surface area contributed by atoms with Gasteiger partial charge in [-0.15, -0.1) is 0 Å². The van der Waals surface area contributed by atoms with E-state index in [1.54, 1.807) is 48.0 Å². The predicted molar refractivity (Wildman–Crippen MR) is 140 cm³/mol. The number of amides is 1. The molecule has 1 saturated carbocycles. The van der Waals surface area contributed by atoms with Crippen LogP contribution < -0.4 is 9.47 Å². The molecule has 8 nitrogen and oxygen atoms in total. The van der Waals surface area contributed by atoms with Crippen molar-refractivity contribution in [2.45, 2.75) is 45.3 Å². The van der Waals surface area contributed by atoms with E-state index < -0.39 is 17.4 Å². The Kier molecular flexibility index (Phi) is 6.15. The lowest BCUT2D eigenvalue weighted by atomic mass is 9.96. The molecule has 2 atom stereocenters. The Morgan fingerprint density at radius 2 is 1.84 bits per heavy atom. The van der Waals surface area contributed by atoms with Crippen molar-refractivity contribution in [2.24, 2.45) is 5.92 Å². The van der Waals surface area contributed by atoms with Gasteiger partial charge in [0.05, 0.1) is 24.4 Å². The van der Waals surface area contributed by atoms with E-state index in [0.717, 1.165) is 5.56 Å². The lowest BCUT2D eigenvalue weighted by Gasteiger charge is -2.31. The Bertz CT molecular complexity index is 1420. The average molecular weight is 544 g/mol. The van der Waals surface area contributed by atoms with Gasteiger partial charge in [0, 0.05) is 45.7 Å². The van der Waals surface area contributed by atoms with Crippen molar-refractivity contribution in [3.05, 3.63) is 57.2 Å². The van der Waals surface area contributed by atoms with Crippen LogP contribution in [0, 0.1) is 5.92 Å². The number of aliphatic carboxylic acids is 1. The summed E-state index contributed by atoms with van der Waals surface area (Å²) in [5.74, 6) is -0.601. The van der Waals surface area contributed by atoms with Gasteiger partial charge >= 0.3 is 5.97 Å². The van der Waals surface area contributed by atoms with Gasteiger partial charge in [-0.3, -0.25) is 9.59 Å². The minimum absolute atomic E-state index is 0.124. The van der Waals surface area contributed by atoms with Crippen molar-refractivity contribution < 1.29 is 24.2 Å². The summed E-state index contributed by atoms with van der Waals surface area (Å²) in [4.78, 5) is 26.9. The van der Waals surface area contributed by atoms with Crippen LogP contribution in [0.1, 0.15) is 54.7 Å². The second kappa shape index (κ2) is 8.96. The number of nitrogens with zero attached hydrogens (tertiary/aromatic N) is 3. The molecule has 5 rings (SSSR count). The van der Waals surface area contributed by atoms with E-state index >= 15 is 0 Å². The highest BCUT2D eigenvalue weighted by atomic mass is 35.5. The first-order chi connectivity index (χ1) is 17.4. The number of carboxylic acid groups (broad SMARTS) is 1. The molecule has 10 heteroatoms. The van der Waals surface area contributed by atoms with Crippen molar-refractivity contribution in [2.75, 3.05) is 14.2 Å². The Hall–Kier alpha value is -3.23. The Morgan fingerprint density at radius 1 is 1.16 bits per heavy atom. The number of carbonyl (C=O) groups excluding carboxylic acids is 1. The van der Waals surface area contributed by atoms with Crippen molar-refractivity contribution in [3.63, 3.8) is 0 Å². The summed E-state index contributed by atoms with van der Waals surface area (Å²) < 4.78 is 13.4. The number of carboxylic acids is 1. The van der Waals surface area contributed by atoms with Crippen LogP contribution in [0.2, 0.25) is 10.0 Å². The van der Waals surface area contributed by atoms with Gasteiger partial charge in [-0.2, -0.15) is 5.10 Å². The molecule has 1 fully saturated rings. The van der Waals surface area contributed by atoms with E-state index in [9.17, 15) is 14.7 Å². The molecule has 2 aliphatic rings. The zero-order chi connectivity index (χ0) is 26.8. The van der Waals surface area contributed by atoms with Gasteiger partial charge in [0.1, 0.15) is 18.1 Å². The maximum absolute atomic E-state index is 13.6. The molecule has 3 aromatic rings. The van der Waals surface area contributed by atoms with Crippen LogP contribution in [0.4, 0.5) is 0 Å². The van der Waals surface area contributed by atoms with E-state index in [0.29, 0.717) is 50.5 Å². The minimum Gasteiger partial charge on any atom is -0.496 e. The average Bonchev–Trinajstić information content (AvgIpc) is 3.54. The SMILES string of the molecule is COc1cc2c(cc1C1C[C@H]1C(=O)O)-c1c(c(C(=O)N(C)C(C)(C)C)nn1-c1cc(Cl)cc(Cl)c1)CO2. The molecule has 37 heavy (non-hydrogen) atoms. The summed E-state index contributed by atoms with van der Waals surface area (Å²) in [5, 5.41) is 15.1. The first-order valence-electron chi connectivity index (χ1n) is 11.8. The van der Waals surface area contributed by atoms with Crippen LogP contribution in [0.5, 0.6) is 11.5 Å². The predicted octanol–water partition coefficient (Wildman–Crippen LogP) is 5.81. The molecule has 1 aliphatic carbocycles. The maximum atomic E-state index is 13.6. The highest BCUT2D eigenvalue weighted by Crippen LogP contribution is 2.54. The third-order valence-electron chi connectivity index (χ3n) is 7.05. The molecule has 1 unspecified atom stereocenters. The molecule has 2 aromatic carbocycles. The number of aromatic nitrogens is 2. The molecule has 1 aliphatic heterocycles. The van der Waals surface area contributed by atoms with E-state index in [1.807, 2.05) is 26.8 Å². The lowest BCUT2D eigenvalue weighted by Crippen LogP contribution is -2.43. The molecular formula is C27H27Cl2N3O5. The van der Waals surface area contributed by atoms with Crippen molar-refractivity contribution in [1.82, 2.24) is 14.7 Å². The van der Waals surface area contributed by atoms with E-state index in [1.165, 1.54) is 0 Å². The summed E-state index contributed by atoms with van der Waals surface area (Å²) in [6, 6.07) is 8.75. The number of rotatable bonds is 5. The van der Waals surface area contributed by atoms with Gasteiger partial charge in [0.2, 0.25) is 0 Å². The highest BCUT2D eigenvalue weighted by molar-refractivity contribution is 6.34. The zero-order valence-corrected chi connectivity index (χ0v) is 22.6. The van der Waals surface area contributed by atoms with Gasteiger partial charge in [0.15, 0.2) is 5.69 Å². The standard InChI is InChI=1S/C27H27Cl2N3O5/c1-27(2,3)31(4)25(33)23-20-12-37-22-11-21(36-5)17(16-9-18(16)26(34)35)10-19(22)24(20)32(30-23)15-7-13(28)6-14(29)8-15/h6-8,10-11,16,18H,9,12H2,1-5H3,(H,34,35)/t16?,18-/m1/s1. The van der Waals surface area contributed by atoms with Crippen molar-refractivity contribution >= 4 is 35.1 Å². The summed E-state index contributed by atoms with van der Waals surface area (Å²) in [5.41, 5.74) is 3.19. The van der Waals surface area contributed by atoms with Gasteiger partial charge in [-0.25, -0.2) is 4.68 Å². The van der Waals surface area contributed by atoms with Crippen LogP contribution in [0.25, 0.3) is 16.9 Å². The summed E-state index contributed by atoms with van der Waals surface area (Å²) in [6.07, 6.45) is 0.529. The number of benzene rings is 2. The van der Waals surface area contributed by atoms with Crippen LogP contribution in [0.15, 0.2) is 30.3 Å². The molecule has 1 amide bonds. The van der Waals surface area contributed by atoms with Gasteiger partial charge in [-0.05, 0) is 57.0 Å². The third-order valence-corrected chi connectivity index (χ3v) is 7.49. The van der Waals surface area contributed by atoms with E-state index in [2.05, 4.69) is 0 Å². The Labute approximate surface area is 224 Å². The van der Waals surface area contributed by atoms with Crippen molar-refractivity contribution in [1.29, 1.82) is 0 Å². The number of ether oxygens (including phenoxy) is 2. The number of carbonyl (C=O) groups is 2. The second-order valence-electron chi connectivity index (χ2n) is 10.4. The summed E-state index contributed by atoms with van der Waals surface area (Å²) in [7, 11) is 3.29. The topological polar surface area (TPSA) is 93.9 Å². The summed E-state index contributed by atoms with van der Waals surface area (Å²) >= 11 is 12.7. The smallest absolute Gasteiger partial charge is 0.307 e. The fourth-order valence-electron chi connectivity index (χ4n) is 4.66. The highest BCUT2D eigenvalue weighted by Gasteiger charge is 2.46. The van der Waals surface area contributed by atoms with Crippen LogP contribution in [-0.4, -0.2) is 51.4 Å². The lowest BCUT2D eigenvalue weighted by molar-refractivity contribution is -0.138. The Morgan fingerprint density at radius 3 is 2.41 bits per heavy atom. The third kappa shape index (κ3) is 4.42. The van der Waals surface area contributed by atoms with E-state index in [-0.39, 0.29) is 24.1 Å². The molecule has 1 aromatic heterocycles. The zero-order valence-electron chi connectivity index (χ0n) is 21.1.